The van der Waals surface area contributed by atoms with E-state index in [9.17, 15) is 4.79 Å². The van der Waals surface area contributed by atoms with Gasteiger partial charge in [-0.05, 0) is 48.4 Å². The second kappa shape index (κ2) is 6.79. The number of nitrogens with one attached hydrogen (secondary N) is 2. The van der Waals surface area contributed by atoms with Crippen LogP contribution in [-0.2, 0) is 6.54 Å². The van der Waals surface area contributed by atoms with Gasteiger partial charge in [-0.2, -0.15) is 0 Å². The van der Waals surface area contributed by atoms with E-state index in [4.69, 9.17) is 4.42 Å². The first kappa shape index (κ1) is 14.8. The molecule has 0 fully saturated rings. The molecule has 3 aromatic rings. The van der Waals surface area contributed by atoms with Crippen molar-refractivity contribution in [3.63, 3.8) is 0 Å². The molecule has 0 unspecified atom stereocenters. The average molecular weight is 307 g/mol. The second-order valence-corrected chi connectivity index (χ2v) is 5.24. The predicted octanol–water partition coefficient (Wildman–Crippen LogP) is 3.97. The van der Waals surface area contributed by atoms with Gasteiger partial charge < -0.3 is 15.1 Å². The lowest BCUT2D eigenvalue weighted by atomic mass is 10.1. The third kappa shape index (κ3) is 3.97. The lowest BCUT2D eigenvalue weighted by Crippen LogP contribution is -2.28. The van der Waals surface area contributed by atoms with E-state index in [-0.39, 0.29) is 6.03 Å². The summed E-state index contributed by atoms with van der Waals surface area (Å²) in [6.45, 7) is 2.37. The number of pyridine rings is 1. The van der Waals surface area contributed by atoms with Crippen molar-refractivity contribution in [3.8, 4) is 11.3 Å². The molecule has 0 bridgehead atoms. The monoisotopic (exact) mass is 307 g/mol. The Morgan fingerprint density at radius 3 is 2.87 bits per heavy atom. The second-order valence-electron chi connectivity index (χ2n) is 5.24. The fourth-order valence-corrected chi connectivity index (χ4v) is 2.24. The quantitative estimate of drug-likeness (QED) is 0.766. The SMILES string of the molecule is Cc1cccc(NC(=O)NCc2cncc(-c3ccco3)c2)c1. The highest BCUT2D eigenvalue weighted by molar-refractivity contribution is 5.89. The van der Waals surface area contributed by atoms with Gasteiger partial charge in [-0.3, -0.25) is 4.98 Å². The highest BCUT2D eigenvalue weighted by Gasteiger charge is 2.05. The molecule has 0 radical (unpaired) electrons. The molecule has 5 nitrogen and oxygen atoms in total. The normalized spacial score (nSPS) is 10.3. The lowest BCUT2D eigenvalue weighted by Gasteiger charge is -2.08. The van der Waals surface area contributed by atoms with Crippen LogP contribution in [0.1, 0.15) is 11.1 Å². The minimum atomic E-state index is -0.251. The van der Waals surface area contributed by atoms with Crippen LogP contribution in [0.25, 0.3) is 11.3 Å². The van der Waals surface area contributed by atoms with Crippen molar-refractivity contribution in [3.05, 3.63) is 72.2 Å². The van der Waals surface area contributed by atoms with E-state index in [1.807, 2.05) is 49.4 Å². The predicted molar refractivity (Wildman–Crippen MR) is 89.0 cm³/mol. The Bertz CT molecular complexity index is 798. The molecule has 2 heterocycles. The maximum Gasteiger partial charge on any atom is 0.319 e. The van der Waals surface area contributed by atoms with Gasteiger partial charge in [0.15, 0.2) is 0 Å². The maximum absolute atomic E-state index is 11.9. The molecule has 23 heavy (non-hydrogen) atoms. The van der Waals surface area contributed by atoms with Crippen LogP contribution in [0.2, 0.25) is 0 Å². The van der Waals surface area contributed by atoms with Gasteiger partial charge in [0, 0.05) is 30.2 Å². The smallest absolute Gasteiger partial charge is 0.319 e. The topological polar surface area (TPSA) is 67.2 Å². The summed E-state index contributed by atoms with van der Waals surface area (Å²) in [5, 5.41) is 5.62. The van der Waals surface area contributed by atoms with Crippen LogP contribution < -0.4 is 10.6 Å². The third-order valence-electron chi connectivity index (χ3n) is 3.33. The minimum Gasteiger partial charge on any atom is -0.464 e. The zero-order valence-corrected chi connectivity index (χ0v) is 12.7. The number of nitrogens with zero attached hydrogens (tertiary/aromatic N) is 1. The summed E-state index contributed by atoms with van der Waals surface area (Å²) < 4.78 is 5.35. The summed E-state index contributed by atoms with van der Waals surface area (Å²) in [6, 6.07) is 13.0. The molecule has 0 saturated carbocycles. The fourth-order valence-electron chi connectivity index (χ4n) is 2.24. The van der Waals surface area contributed by atoms with E-state index >= 15 is 0 Å². The van der Waals surface area contributed by atoms with E-state index in [0.29, 0.717) is 6.54 Å². The van der Waals surface area contributed by atoms with Gasteiger partial charge in [-0.1, -0.05) is 12.1 Å². The average Bonchev–Trinajstić information content (AvgIpc) is 3.08. The van der Waals surface area contributed by atoms with Crippen molar-refractivity contribution in [1.82, 2.24) is 10.3 Å². The Labute approximate surface area is 134 Å². The van der Waals surface area contributed by atoms with Crippen molar-refractivity contribution in [2.24, 2.45) is 0 Å². The van der Waals surface area contributed by atoms with Crippen LogP contribution in [0.5, 0.6) is 0 Å². The Morgan fingerprint density at radius 2 is 2.09 bits per heavy atom. The van der Waals surface area contributed by atoms with Crippen LogP contribution in [-0.4, -0.2) is 11.0 Å². The van der Waals surface area contributed by atoms with Crippen molar-refractivity contribution in [2.75, 3.05) is 5.32 Å². The molecule has 2 amide bonds. The number of benzene rings is 1. The number of aryl methyl sites for hydroxylation is 1. The zero-order valence-electron chi connectivity index (χ0n) is 12.7. The number of carbonyl (C=O) groups is 1. The first-order chi connectivity index (χ1) is 11.2. The molecule has 116 valence electrons. The van der Waals surface area contributed by atoms with Gasteiger partial charge in [0.2, 0.25) is 0 Å². The molecular weight excluding hydrogens is 290 g/mol. The fraction of sp³-hybridized carbons (Fsp3) is 0.111. The van der Waals surface area contributed by atoms with Gasteiger partial charge >= 0.3 is 6.03 Å². The number of anilines is 1. The van der Waals surface area contributed by atoms with E-state index in [0.717, 1.165) is 28.1 Å². The Morgan fingerprint density at radius 1 is 1.17 bits per heavy atom. The largest absolute Gasteiger partial charge is 0.464 e. The molecule has 2 N–H and O–H groups in total. The molecular formula is C18H17N3O2. The van der Waals surface area contributed by atoms with E-state index in [2.05, 4.69) is 15.6 Å². The molecule has 0 aliphatic carbocycles. The summed E-state index contributed by atoms with van der Waals surface area (Å²) in [6.07, 6.45) is 5.07. The molecule has 3 rings (SSSR count). The van der Waals surface area contributed by atoms with Crippen LogP contribution in [0.15, 0.2) is 65.5 Å². The van der Waals surface area contributed by atoms with Crippen LogP contribution in [0.3, 0.4) is 0 Å². The number of furan rings is 1. The van der Waals surface area contributed by atoms with E-state index in [1.165, 1.54) is 0 Å². The molecule has 5 heteroatoms. The molecule has 2 aromatic heterocycles. The van der Waals surface area contributed by atoms with Crippen LogP contribution >= 0.6 is 0 Å². The van der Waals surface area contributed by atoms with Gasteiger partial charge in [0.1, 0.15) is 5.76 Å². The summed E-state index contributed by atoms with van der Waals surface area (Å²) in [5.41, 5.74) is 3.65. The van der Waals surface area contributed by atoms with Gasteiger partial charge in [0.05, 0.1) is 6.26 Å². The summed E-state index contributed by atoms with van der Waals surface area (Å²) in [5.74, 6) is 0.753. The maximum atomic E-state index is 11.9. The first-order valence-corrected chi connectivity index (χ1v) is 7.30. The summed E-state index contributed by atoms with van der Waals surface area (Å²) in [4.78, 5) is 16.1. The lowest BCUT2D eigenvalue weighted by molar-refractivity contribution is 0.251. The van der Waals surface area contributed by atoms with Gasteiger partial charge in [-0.15, -0.1) is 0 Å². The number of aromatic nitrogens is 1. The van der Waals surface area contributed by atoms with Crippen LogP contribution in [0.4, 0.5) is 10.5 Å². The molecule has 0 aliphatic heterocycles. The highest BCUT2D eigenvalue weighted by atomic mass is 16.3. The molecule has 0 aliphatic rings. The number of carbonyl (C=O) groups excluding carboxylic acids is 1. The van der Waals surface area contributed by atoms with E-state index < -0.39 is 0 Å². The van der Waals surface area contributed by atoms with Gasteiger partial charge in [0.25, 0.3) is 0 Å². The highest BCUT2D eigenvalue weighted by Crippen LogP contribution is 2.19. The zero-order chi connectivity index (χ0) is 16.1. The standard InChI is InChI=1S/C18H17N3O2/c1-13-4-2-5-16(8-13)21-18(22)20-11-14-9-15(12-19-10-14)17-6-3-7-23-17/h2-10,12H,11H2,1H3,(H2,20,21,22). The molecule has 0 saturated heterocycles. The van der Waals surface area contributed by atoms with Crippen molar-refractivity contribution in [2.45, 2.75) is 13.5 Å². The number of rotatable bonds is 4. The van der Waals surface area contributed by atoms with Gasteiger partial charge in [-0.25, -0.2) is 4.79 Å². The Hall–Kier alpha value is -3.08. The van der Waals surface area contributed by atoms with Crippen molar-refractivity contribution < 1.29 is 9.21 Å². The number of hydrogen-bond donors (Lipinski definition) is 2. The minimum absolute atomic E-state index is 0.251. The van der Waals surface area contributed by atoms with E-state index in [1.54, 1.807) is 18.7 Å². The summed E-state index contributed by atoms with van der Waals surface area (Å²) in [7, 11) is 0. The van der Waals surface area contributed by atoms with Crippen LogP contribution in [0, 0.1) is 6.92 Å². The number of amides is 2. The number of hydrogen-bond acceptors (Lipinski definition) is 3. The van der Waals surface area contributed by atoms with Crippen molar-refractivity contribution >= 4 is 11.7 Å². The molecule has 1 aromatic carbocycles. The molecule has 0 spiro atoms. The van der Waals surface area contributed by atoms with Crippen molar-refractivity contribution in [1.29, 1.82) is 0 Å². The first-order valence-electron chi connectivity index (χ1n) is 7.30. The third-order valence-corrected chi connectivity index (χ3v) is 3.33. The Kier molecular flexibility index (Phi) is 4.38. The Balaban J connectivity index is 1.60. The summed E-state index contributed by atoms with van der Waals surface area (Å²) >= 11 is 0. The molecule has 0 atom stereocenters. The number of urea groups is 1.